The van der Waals surface area contributed by atoms with E-state index in [4.69, 9.17) is 10.5 Å². The second-order valence-corrected chi connectivity index (χ2v) is 5.31. The third-order valence-electron chi connectivity index (χ3n) is 2.59. The van der Waals surface area contributed by atoms with Gasteiger partial charge in [0.2, 0.25) is 5.91 Å². The highest BCUT2D eigenvalue weighted by Crippen LogP contribution is 2.16. The lowest BCUT2D eigenvalue weighted by atomic mass is 10.2. The van der Waals surface area contributed by atoms with E-state index in [0.29, 0.717) is 17.2 Å². The van der Waals surface area contributed by atoms with Crippen molar-refractivity contribution in [1.29, 1.82) is 0 Å². The van der Waals surface area contributed by atoms with Crippen molar-refractivity contribution in [1.82, 2.24) is 0 Å². The summed E-state index contributed by atoms with van der Waals surface area (Å²) in [4.78, 5) is 22.8. The van der Waals surface area contributed by atoms with E-state index in [1.165, 1.54) is 26.0 Å². The van der Waals surface area contributed by atoms with Gasteiger partial charge in [0.15, 0.2) is 0 Å². The molecule has 1 rings (SSSR count). The SMILES string of the molecule is COCC(N)C(=O)Nc1cccc(CSCC(=O)OC)c1.Cl. The Morgan fingerprint density at radius 1 is 1.36 bits per heavy atom. The number of nitrogens with one attached hydrogen (secondary N) is 1. The highest BCUT2D eigenvalue weighted by molar-refractivity contribution is 7.99. The molecule has 1 aromatic rings. The average molecular weight is 349 g/mol. The number of amides is 1. The summed E-state index contributed by atoms with van der Waals surface area (Å²) in [7, 11) is 2.86. The molecule has 0 aliphatic rings. The Hall–Kier alpha value is -1.28. The lowest BCUT2D eigenvalue weighted by Crippen LogP contribution is -2.39. The number of carbonyl (C=O) groups is 2. The predicted octanol–water partition coefficient (Wildman–Crippen LogP) is 1.43. The number of nitrogens with two attached hydrogens (primary N) is 1. The van der Waals surface area contributed by atoms with Crippen molar-refractivity contribution in [2.45, 2.75) is 11.8 Å². The number of halogens is 1. The maximum atomic E-state index is 11.8. The molecule has 1 amide bonds. The largest absolute Gasteiger partial charge is 0.468 e. The van der Waals surface area contributed by atoms with E-state index in [0.717, 1.165) is 5.56 Å². The van der Waals surface area contributed by atoms with Crippen molar-refractivity contribution in [3.63, 3.8) is 0 Å². The molecule has 8 heteroatoms. The van der Waals surface area contributed by atoms with Crippen LogP contribution in [0.5, 0.6) is 0 Å². The molecule has 0 spiro atoms. The summed E-state index contributed by atoms with van der Waals surface area (Å²) in [5.74, 6) is 0.403. The quantitative estimate of drug-likeness (QED) is 0.691. The molecular formula is C14H21ClN2O4S. The average Bonchev–Trinajstić information content (AvgIpc) is 2.47. The molecule has 1 aromatic carbocycles. The van der Waals surface area contributed by atoms with Gasteiger partial charge in [0.25, 0.3) is 0 Å². The van der Waals surface area contributed by atoms with Crippen LogP contribution in [0.1, 0.15) is 5.56 Å². The van der Waals surface area contributed by atoms with Gasteiger partial charge in [0.05, 0.1) is 19.5 Å². The third-order valence-corrected chi connectivity index (χ3v) is 3.57. The predicted molar refractivity (Wildman–Crippen MR) is 90.3 cm³/mol. The Morgan fingerprint density at radius 3 is 2.73 bits per heavy atom. The third kappa shape index (κ3) is 7.65. The minimum Gasteiger partial charge on any atom is -0.468 e. The molecular weight excluding hydrogens is 328 g/mol. The van der Waals surface area contributed by atoms with Gasteiger partial charge in [0.1, 0.15) is 6.04 Å². The molecule has 0 aliphatic carbocycles. The lowest BCUT2D eigenvalue weighted by molar-refractivity contribution is -0.137. The summed E-state index contributed by atoms with van der Waals surface area (Å²) < 4.78 is 9.41. The lowest BCUT2D eigenvalue weighted by Gasteiger charge is -2.12. The number of methoxy groups -OCH3 is 2. The minimum atomic E-state index is -0.702. The number of ether oxygens (including phenoxy) is 2. The van der Waals surface area contributed by atoms with Crippen molar-refractivity contribution >= 4 is 41.7 Å². The van der Waals surface area contributed by atoms with E-state index < -0.39 is 6.04 Å². The minimum absolute atomic E-state index is 0. The van der Waals surface area contributed by atoms with Gasteiger partial charge in [-0.2, -0.15) is 0 Å². The number of carbonyl (C=O) groups excluding carboxylic acids is 2. The number of hydrogen-bond acceptors (Lipinski definition) is 6. The second kappa shape index (κ2) is 11.3. The van der Waals surface area contributed by atoms with Gasteiger partial charge >= 0.3 is 5.97 Å². The molecule has 0 aromatic heterocycles. The zero-order chi connectivity index (χ0) is 15.7. The van der Waals surface area contributed by atoms with Gasteiger partial charge in [-0.25, -0.2) is 0 Å². The van der Waals surface area contributed by atoms with Crippen molar-refractivity contribution in [3.8, 4) is 0 Å². The first-order valence-electron chi connectivity index (χ1n) is 6.35. The summed E-state index contributed by atoms with van der Waals surface area (Å²) in [6, 6.07) is 6.70. The monoisotopic (exact) mass is 348 g/mol. The van der Waals surface area contributed by atoms with Crippen LogP contribution in [0.25, 0.3) is 0 Å². The summed E-state index contributed by atoms with van der Waals surface area (Å²) in [5, 5.41) is 2.73. The fraction of sp³-hybridized carbons (Fsp3) is 0.429. The topological polar surface area (TPSA) is 90.6 Å². The van der Waals surface area contributed by atoms with E-state index in [1.54, 1.807) is 6.07 Å². The Labute approximate surface area is 140 Å². The maximum Gasteiger partial charge on any atom is 0.315 e. The first-order chi connectivity index (χ1) is 10.1. The molecule has 6 nitrogen and oxygen atoms in total. The first kappa shape index (κ1) is 20.7. The fourth-order valence-electron chi connectivity index (χ4n) is 1.54. The number of rotatable bonds is 8. The van der Waals surface area contributed by atoms with Crippen LogP contribution < -0.4 is 11.1 Å². The van der Waals surface area contributed by atoms with Crippen molar-refractivity contribution in [2.75, 3.05) is 31.9 Å². The van der Waals surface area contributed by atoms with E-state index >= 15 is 0 Å². The van der Waals surface area contributed by atoms with Gasteiger partial charge in [-0.1, -0.05) is 12.1 Å². The number of thioether (sulfide) groups is 1. The fourth-order valence-corrected chi connectivity index (χ4v) is 2.34. The van der Waals surface area contributed by atoms with E-state index in [2.05, 4.69) is 10.1 Å². The highest BCUT2D eigenvalue weighted by atomic mass is 35.5. The molecule has 0 fully saturated rings. The molecule has 0 radical (unpaired) electrons. The number of benzene rings is 1. The number of hydrogen-bond donors (Lipinski definition) is 2. The molecule has 0 heterocycles. The molecule has 0 bridgehead atoms. The van der Waals surface area contributed by atoms with Gasteiger partial charge in [-0.15, -0.1) is 24.2 Å². The second-order valence-electron chi connectivity index (χ2n) is 4.32. The van der Waals surface area contributed by atoms with Gasteiger partial charge in [-0.3, -0.25) is 9.59 Å². The van der Waals surface area contributed by atoms with Crippen LogP contribution in [0.2, 0.25) is 0 Å². The van der Waals surface area contributed by atoms with Gasteiger partial charge in [0, 0.05) is 18.6 Å². The highest BCUT2D eigenvalue weighted by Gasteiger charge is 2.13. The molecule has 1 unspecified atom stereocenters. The Bertz CT molecular complexity index is 488. The molecule has 22 heavy (non-hydrogen) atoms. The number of anilines is 1. The van der Waals surface area contributed by atoms with E-state index in [-0.39, 0.29) is 30.9 Å². The summed E-state index contributed by atoms with van der Waals surface area (Å²) in [6.07, 6.45) is 0. The van der Waals surface area contributed by atoms with Crippen LogP contribution in [0.3, 0.4) is 0 Å². The van der Waals surface area contributed by atoms with Crippen LogP contribution in [-0.2, 0) is 24.8 Å². The Kier molecular flexibility index (Phi) is 10.7. The summed E-state index contributed by atoms with van der Waals surface area (Å²) in [6.45, 7) is 0.167. The Balaban J connectivity index is 0.00000441. The maximum absolute atomic E-state index is 11.8. The van der Waals surface area contributed by atoms with E-state index in [9.17, 15) is 9.59 Å². The zero-order valence-corrected chi connectivity index (χ0v) is 14.2. The molecule has 124 valence electrons. The van der Waals surface area contributed by atoms with E-state index in [1.807, 2.05) is 18.2 Å². The smallest absolute Gasteiger partial charge is 0.315 e. The van der Waals surface area contributed by atoms with Crippen LogP contribution in [0, 0.1) is 0 Å². The standard InChI is InChI=1S/C14H20N2O4S.ClH/c1-19-7-12(15)14(18)16-11-5-3-4-10(6-11)8-21-9-13(17)20-2;/h3-6,12H,7-9,15H2,1-2H3,(H,16,18);1H. The van der Waals surface area contributed by atoms with Crippen LogP contribution in [0.15, 0.2) is 24.3 Å². The first-order valence-corrected chi connectivity index (χ1v) is 7.51. The summed E-state index contributed by atoms with van der Waals surface area (Å²) in [5.41, 5.74) is 7.32. The van der Waals surface area contributed by atoms with Gasteiger partial charge in [-0.05, 0) is 17.7 Å². The van der Waals surface area contributed by atoms with Crippen molar-refractivity contribution in [2.24, 2.45) is 5.73 Å². The van der Waals surface area contributed by atoms with Crippen LogP contribution in [0.4, 0.5) is 5.69 Å². The Morgan fingerprint density at radius 2 is 2.09 bits per heavy atom. The molecule has 3 N–H and O–H groups in total. The van der Waals surface area contributed by atoms with Crippen molar-refractivity contribution in [3.05, 3.63) is 29.8 Å². The molecule has 1 atom stereocenters. The van der Waals surface area contributed by atoms with Gasteiger partial charge < -0.3 is 20.5 Å². The number of esters is 1. The summed E-state index contributed by atoms with van der Waals surface area (Å²) >= 11 is 1.45. The van der Waals surface area contributed by atoms with Crippen LogP contribution >= 0.6 is 24.2 Å². The zero-order valence-electron chi connectivity index (χ0n) is 12.5. The van der Waals surface area contributed by atoms with Crippen molar-refractivity contribution < 1.29 is 19.1 Å². The normalized spacial score (nSPS) is 11.2. The molecule has 0 saturated carbocycles. The molecule has 0 aliphatic heterocycles. The van der Waals surface area contributed by atoms with Crippen LogP contribution in [-0.4, -0.2) is 44.5 Å². The molecule has 0 saturated heterocycles.